The Bertz CT molecular complexity index is 487. The number of hydrogen-bond acceptors (Lipinski definition) is 3. The van der Waals surface area contributed by atoms with Crippen LogP contribution in [0.3, 0.4) is 0 Å². The van der Waals surface area contributed by atoms with Gasteiger partial charge in [-0.25, -0.2) is 0 Å². The van der Waals surface area contributed by atoms with E-state index in [1.165, 1.54) is 0 Å². The fourth-order valence-electron chi connectivity index (χ4n) is 2.94. The second-order valence-corrected chi connectivity index (χ2v) is 5.63. The summed E-state index contributed by atoms with van der Waals surface area (Å²) in [6.45, 7) is 2.00. The van der Waals surface area contributed by atoms with E-state index in [-0.39, 0.29) is 11.9 Å². The van der Waals surface area contributed by atoms with Gasteiger partial charge in [-0.2, -0.15) is 0 Å². The quantitative estimate of drug-likeness (QED) is 0.891. The van der Waals surface area contributed by atoms with Crippen molar-refractivity contribution in [3.63, 3.8) is 0 Å². The molecule has 1 fully saturated rings. The smallest absolute Gasteiger partial charge is 0.256 e. The number of carbonyl (C=O) groups is 1. The van der Waals surface area contributed by atoms with Crippen LogP contribution in [-0.4, -0.2) is 42.2 Å². The Morgan fingerprint density at radius 2 is 2.05 bits per heavy atom. The van der Waals surface area contributed by atoms with Gasteiger partial charge >= 0.3 is 0 Å². The Labute approximate surface area is 120 Å². The normalized spacial score (nSPS) is 22.4. The molecular weight excluding hydrogens is 252 g/mol. The molecule has 0 aliphatic heterocycles. The summed E-state index contributed by atoms with van der Waals surface area (Å²) in [7, 11) is 3.61. The summed E-state index contributed by atoms with van der Waals surface area (Å²) in [5.41, 5.74) is 2.62. The van der Waals surface area contributed by atoms with Gasteiger partial charge in [-0.15, -0.1) is 0 Å². The van der Waals surface area contributed by atoms with Crippen LogP contribution in [-0.2, 0) is 0 Å². The molecule has 1 aliphatic rings. The van der Waals surface area contributed by atoms with E-state index in [1.807, 2.05) is 32.2 Å². The highest BCUT2D eigenvalue weighted by atomic mass is 16.3. The van der Waals surface area contributed by atoms with Crippen molar-refractivity contribution < 1.29 is 9.90 Å². The minimum Gasteiger partial charge on any atom is -0.391 e. The molecular formula is C16H24N2O2. The summed E-state index contributed by atoms with van der Waals surface area (Å²) in [4.78, 5) is 14.4. The molecule has 20 heavy (non-hydrogen) atoms. The number of aliphatic hydroxyl groups excluding tert-OH is 1. The molecule has 2 rings (SSSR count). The molecule has 4 nitrogen and oxygen atoms in total. The van der Waals surface area contributed by atoms with Crippen LogP contribution in [0.15, 0.2) is 18.2 Å². The van der Waals surface area contributed by atoms with Crippen molar-refractivity contribution >= 4 is 11.6 Å². The molecule has 110 valence electrons. The van der Waals surface area contributed by atoms with Crippen LogP contribution in [0.2, 0.25) is 0 Å². The number of aliphatic hydroxyl groups is 1. The van der Waals surface area contributed by atoms with Gasteiger partial charge in [-0.1, -0.05) is 18.9 Å². The maximum atomic E-state index is 12.7. The molecule has 1 aromatic rings. The van der Waals surface area contributed by atoms with Crippen LogP contribution in [0, 0.1) is 6.92 Å². The highest BCUT2D eigenvalue weighted by Gasteiger charge is 2.30. The summed E-state index contributed by atoms with van der Waals surface area (Å²) in [6.07, 6.45) is 3.39. The Kier molecular flexibility index (Phi) is 4.65. The lowest BCUT2D eigenvalue weighted by Crippen LogP contribution is -2.46. The number of hydrogen-bond donors (Lipinski definition) is 2. The average molecular weight is 276 g/mol. The van der Waals surface area contributed by atoms with Crippen LogP contribution in [0.4, 0.5) is 5.69 Å². The Balaban J connectivity index is 2.22. The first-order chi connectivity index (χ1) is 9.54. The molecule has 2 N–H and O–H groups in total. The topological polar surface area (TPSA) is 52.6 Å². The fraction of sp³-hybridized carbons (Fsp3) is 0.562. The lowest BCUT2D eigenvalue weighted by molar-refractivity contribution is 0.0268. The van der Waals surface area contributed by atoms with Gasteiger partial charge in [0.25, 0.3) is 5.91 Å². The first-order valence-electron chi connectivity index (χ1n) is 7.28. The van der Waals surface area contributed by atoms with Crippen LogP contribution < -0.4 is 5.32 Å². The lowest BCUT2D eigenvalue weighted by Gasteiger charge is -2.35. The van der Waals surface area contributed by atoms with Crippen molar-refractivity contribution in [2.24, 2.45) is 0 Å². The van der Waals surface area contributed by atoms with Crippen LogP contribution in [0.5, 0.6) is 0 Å². The molecule has 0 bridgehead atoms. The van der Waals surface area contributed by atoms with Crippen LogP contribution in [0.25, 0.3) is 0 Å². The highest BCUT2D eigenvalue weighted by Crippen LogP contribution is 2.25. The largest absolute Gasteiger partial charge is 0.391 e. The summed E-state index contributed by atoms with van der Waals surface area (Å²) < 4.78 is 0. The zero-order chi connectivity index (χ0) is 14.7. The van der Waals surface area contributed by atoms with Gasteiger partial charge in [-0.05, 0) is 37.5 Å². The van der Waals surface area contributed by atoms with Gasteiger partial charge in [0.05, 0.1) is 17.7 Å². The van der Waals surface area contributed by atoms with Crippen molar-refractivity contribution in [1.82, 2.24) is 4.90 Å². The predicted molar refractivity (Wildman–Crippen MR) is 81.1 cm³/mol. The number of amides is 1. The number of nitrogens with one attached hydrogen (secondary N) is 1. The molecule has 0 saturated heterocycles. The van der Waals surface area contributed by atoms with Crippen LogP contribution in [0.1, 0.15) is 41.6 Å². The predicted octanol–water partition coefficient (Wildman–Crippen LogP) is 2.41. The zero-order valence-corrected chi connectivity index (χ0v) is 12.5. The molecule has 2 atom stereocenters. The van der Waals surface area contributed by atoms with Crippen molar-refractivity contribution in [2.75, 3.05) is 19.4 Å². The number of rotatable bonds is 3. The average Bonchev–Trinajstić information content (AvgIpc) is 2.46. The van der Waals surface area contributed by atoms with E-state index < -0.39 is 6.10 Å². The summed E-state index contributed by atoms with van der Waals surface area (Å²) in [6, 6.07) is 5.70. The molecule has 0 heterocycles. The molecule has 1 saturated carbocycles. The number of nitrogens with zero attached hydrogens (tertiary/aromatic N) is 1. The lowest BCUT2D eigenvalue weighted by atomic mass is 9.91. The third-order valence-electron chi connectivity index (χ3n) is 4.19. The second kappa shape index (κ2) is 6.27. The van der Waals surface area contributed by atoms with E-state index in [4.69, 9.17) is 0 Å². The molecule has 4 heteroatoms. The van der Waals surface area contributed by atoms with Crippen LogP contribution >= 0.6 is 0 Å². The van der Waals surface area contributed by atoms with E-state index in [9.17, 15) is 9.90 Å². The first-order valence-corrected chi connectivity index (χ1v) is 7.28. The van der Waals surface area contributed by atoms with Gasteiger partial charge in [0.15, 0.2) is 0 Å². The molecule has 0 aromatic heterocycles. The number of benzene rings is 1. The number of carbonyl (C=O) groups excluding carboxylic acids is 1. The van der Waals surface area contributed by atoms with E-state index in [0.717, 1.165) is 36.9 Å². The van der Waals surface area contributed by atoms with Gasteiger partial charge in [0.2, 0.25) is 0 Å². The molecule has 0 radical (unpaired) electrons. The van der Waals surface area contributed by atoms with E-state index >= 15 is 0 Å². The fourth-order valence-corrected chi connectivity index (χ4v) is 2.94. The third kappa shape index (κ3) is 2.96. The standard InChI is InChI=1S/C16H24N2O2/c1-11-8-9-12(13(10-11)17-2)16(20)18(3)14-6-4-5-7-15(14)19/h8-10,14-15,17,19H,4-7H2,1-3H3. The van der Waals surface area contributed by atoms with Crippen molar-refractivity contribution in [3.8, 4) is 0 Å². The van der Waals surface area contributed by atoms with Gasteiger partial charge in [0.1, 0.15) is 0 Å². The van der Waals surface area contributed by atoms with Gasteiger partial charge in [0, 0.05) is 19.8 Å². The number of aryl methyl sites for hydroxylation is 1. The molecule has 1 aromatic carbocycles. The summed E-state index contributed by atoms with van der Waals surface area (Å²) in [5.74, 6) is -0.0275. The van der Waals surface area contributed by atoms with E-state index in [0.29, 0.717) is 5.56 Å². The van der Waals surface area contributed by atoms with E-state index in [1.54, 1.807) is 11.9 Å². The van der Waals surface area contributed by atoms with Gasteiger partial charge in [-0.3, -0.25) is 4.79 Å². The minimum absolute atomic E-state index is 0.0275. The molecule has 2 unspecified atom stereocenters. The van der Waals surface area contributed by atoms with Crippen molar-refractivity contribution in [2.45, 2.75) is 44.8 Å². The summed E-state index contributed by atoms with van der Waals surface area (Å²) in [5, 5.41) is 13.2. The maximum absolute atomic E-state index is 12.7. The van der Waals surface area contributed by atoms with Gasteiger partial charge < -0.3 is 15.3 Å². The molecule has 1 aliphatic carbocycles. The number of anilines is 1. The molecule has 1 amide bonds. The first kappa shape index (κ1) is 14.9. The SMILES string of the molecule is CNc1cc(C)ccc1C(=O)N(C)C1CCCCC1O. The molecule has 0 spiro atoms. The number of likely N-dealkylation sites (N-methyl/N-ethyl adjacent to an activating group) is 1. The summed E-state index contributed by atoms with van der Waals surface area (Å²) >= 11 is 0. The Morgan fingerprint density at radius 3 is 2.70 bits per heavy atom. The van der Waals surface area contributed by atoms with Crippen molar-refractivity contribution in [1.29, 1.82) is 0 Å². The minimum atomic E-state index is -0.402. The monoisotopic (exact) mass is 276 g/mol. The van der Waals surface area contributed by atoms with Crippen molar-refractivity contribution in [3.05, 3.63) is 29.3 Å². The third-order valence-corrected chi connectivity index (χ3v) is 4.19. The van der Waals surface area contributed by atoms with E-state index in [2.05, 4.69) is 5.32 Å². The highest BCUT2D eigenvalue weighted by molar-refractivity contribution is 5.99. The Hall–Kier alpha value is -1.55. The second-order valence-electron chi connectivity index (χ2n) is 5.63. The Morgan fingerprint density at radius 1 is 1.35 bits per heavy atom. The maximum Gasteiger partial charge on any atom is 0.256 e. The zero-order valence-electron chi connectivity index (χ0n) is 12.5.